The number of carbonyl (C=O) groups is 2. The number of para-hydroxylation sites is 1. The van der Waals surface area contributed by atoms with Gasteiger partial charge in [0.05, 0.1) is 16.0 Å². The zero-order chi connectivity index (χ0) is 22.1. The molecule has 9 heteroatoms. The van der Waals surface area contributed by atoms with Crippen LogP contribution in [0.15, 0.2) is 42.5 Å². The molecule has 2 aromatic carbocycles. The quantitative estimate of drug-likeness (QED) is 0.767. The number of rotatable bonds is 4. The summed E-state index contributed by atoms with van der Waals surface area (Å²) in [5.74, 6) is -0.967. The molecule has 2 N–H and O–H groups in total. The highest BCUT2D eigenvalue weighted by molar-refractivity contribution is 6.34. The molecule has 30 heavy (non-hydrogen) atoms. The molecule has 1 aliphatic heterocycles. The summed E-state index contributed by atoms with van der Waals surface area (Å²) in [6, 6.07) is 11.0. The van der Waals surface area contributed by atoms with Crippen molar-refractivity contribution in [2.45, 2.75) is 25.9 Å². The van der Waals surface area contributed by atoms with E-state index in [-0.39, 0.29) is 22.9 Å². The summed E-state index contributed by atoms with van der Waals surface area (Å²) in [6.45, 7) is 0.541. The van der Waals surface area contributed by atoms with E-state index in [1.807, 2.05) is 12.1 Å². The lowest BCUT2D eigenvalue weighted by atomic mass is 9.80. The van der Waals surface area contributed by atoms with Crippen LogP contribution in [0.2, 0.25) is 5.02 Å². The fourth-order valence-corrected chi connectivity index (χ4v) is 3.65. The molecule has 5 nitrogen and oxygen atoms in total. The number of alkyl halides is 3. The van der Waals surface area contributed by atoms with Crippen molar-refractivity contribution < 1.29 is 27.5 Å². The Balaban J connectivity index is 1.90. The highest BCUT2D eigenvalue weighted by Crippen LogP contribution is 2.37. The standard InChI is InChI=1S/C21H20ClF3N2O3/c1-20(19(26)29)8-9-27(17-5-3-2-4-13(17)11-20)18(28)15-7-6-14(10-16(15)22)30-12-21(23,24)25/h2-7,10H,8-9,11-12H2,1H3,(H2,26,29). The SMILES string of the molecule is CC1(C(N)=O)CCN(C(=O)c2ccc(OCC(F)(F)F)cc2Cl)c2ccccc2C1. The van der Waals surface area contributed by atoms with Crippen molar-refractivity contribution in [2.75, 3.05) is 18.1 Å². The molecule has 0 fully saturated rings. The Kier molecular flexibility index (Phi) is 5.99. The number of primary amides is 1. The summed E-state index contributed by atoms with van der Waals surface area (Å²) in [4.78, 5) is 26.8. The molecular formula is C21H20ClF3N2O3. The predicted octanol–water partition coefficient (Wildman–Crippen LogP) is 4.37. The maximum absolute atomic E-state index is 13.2. The van der Waals surface area contributed by atoms with E-state index in [1.165, 1.54) is 23.1 Å². The summed E-state index contributed by atoms with van der Waals surface area (Å²) < 4.78 is 41.7. The molecular weight excluding hydrogens is 421 g/mol. The van der Waals surface area contributed by atoms with Crippen LogP contribution in [0.1, 0.15) is 29.3 Å². The first kappa shape index (κ1) is 22.0. The number of nitrogens with two attached hydrogens (primary N) is 1. The number of benzene rings is 2. The Labute approximate surface area is 176 Å². The number of amides is 2. The second-order valence-electron chi connectivity index (χ2n) is 7.48. The van der Waals surface area contributed by atoms with Gasteiger partial charge in [0.1, 0.15) is 5.75 Å². The summed E-state index contributed by atoms with van der Waals surface area (Å²) in [7, 11) is 0. The van der Waals surface area contributed by atoms with Gasteiger partial charge in [0.2, 0.25) is 5.91 Å². The smallest absolute Gasteiger partial charge is 0.422 e. The van der Waals surface area contributed by atoms with Crippen LogP contribution in [0.3, 0.4) is 0 Å². The molecule has 3 rings (SSSR count). The van der Waals surface area contributed by atoms with Crippen LogP contribution in [0.4, 0.5) is 18.9 Å². The van der Waals surface area contributed by atoms with Crippen LogP contribution in [0.5, 0.6) is 5.75 Å². The van der Waals surface area contributed by atoms with Crippen LogP contribution in [-0.4, -0.2) is 31.1 Å². The average molecular weight is 441 g/mol. The first-order chi connectivity index (χ1) is 14.0. The van der Waals surface area contributed by atoms with Gasteiger partial charge >= 0.3 is 6.18 Å². The van der Waals surface area contributed by atoms with Crippen LogP contribution in [0.25, 0.3) is 0 Å². The summed E-state index contributed by atoms with van der Waals surface area (Å²) >= 11 is 6.18. The Bertz CT molecular complexity index is 980. The van der Waals surface area contributed by atoms with Crippen LogP contribution < -0.4 is 15.4 Å². The lowest BCUT2D eigenvalue weighted by molar-refractivity contribution is -0.153. The number of carbonyl (C=O) groups excluding carboxylic acids is 2. The van der Waals surface area contributed by atoms with Crippen LogP contribution >= 0.6 is 11.6 Å². The van der Waals surface area contributed by atoms with E-state index in [1.54, 1.807) is 19.1 Å². The van der Waals surface area contributed by atoms with E-state index in [2.05, 4.69) is 4.74 Å². The number of ether oxygens (including phenoxy) is 1. The minimum Gasteiger partial charge on any atom is -0.484 e. The van der Waals surface area contributed by atoms with Crippen molar-refractivity contribution in [1.82, 2.24) is 0 Å². The van der Waals surface area contributed by atoms with E-state index < -0.39 is 30.0 Å². The number of nitrogens with zero attached hydrogens (tertiary/aromatic N) is 1. The van der Waals surface area contributed by atoms with E-state index >= 15 is 0 Å². The van der Waals surface area contributed by atoms with Gasteiger partial charge in [-0.25, -0.2) is 0 Å². The van der Waals surface area contributed by atoms with Gasteiger partial charge in [-0.3, -0.25) is 9.59 Å². The fraction of sp³-hybridized carbons (Fsp3) is 0.333. The minimum absolute atomic E-state index is 0.0286. The normalized spacial score (nSPS) is 19.0. The highest BCUT2D eigenvalue weighted by Gasteiger charge is 2.37. The molecule has 2 aromatic rings. The third kappa shape index (κ3) is 4.70. The van der Waals surface area contributed by atoms with Crippen molar-refractivity contribution in [3.8, 4) is 5.75 Å². The van der Waals surface area contributed by atoms with Gasteiger partial charge in [0, 0.05) is 12.2 Å². The minimum atomic E-state index is -4.48. The van der Waals surface area contributed by atoms with E-state index in [0.29, 0.717) is 18.5 Å². The fourth-order valence-electron chi connectivity index (χ4n) is 3.40. The predicted molar refractivity (Wildman–Crippen MR) is 107 cm³/mol. The maximum Gasteiger partial charge on any atom is 0.422 e. The van der Waals surface area contributed by atoms with Gasteiger partial charge in [-0.2, -0.15) is 13.2 Å². The van der Waals surface area contributed by atoms with Crippen molar-refractivity contribution in [3.05, 3.63) is 58.6 Å². The number of hydrogen-bond donors (Lipinski definition) is 1. The van der Waals surface area contributed by atoms with Crippen molar-refractivity contribution in [3.63, 3.8) is 0 Å². The Morgan fingerprint density at radius 3 is 2.57 bits per heavy atom. The topological polar surface area (TPSA) is 72.6 Å². The number of halogens is 4. The first-order valence-electron chi connectivity index (χ1n) is 9.19. The molecule has 1 atom stereocenters. The maximum atomic E-state index is 13.2. The molecule has 1 aliphatic rings. The molecule has 0 spiro atoms. The molecule has 1 heterocycles. The molecule has 0 saturated carbocycles. The van der Waals surface area contributed by atoms with Crippen LogP contribution in [0, 0.1) is 5.41 Å². The van der Waals surface area contributed by atoms with E-state index in [9.17, 15) is 22.8 Å². The van der Waals surface area contributed by atoms with Crippen molar-refractivity contribution >= 4 is 29.1 Å². The largest absolute Gasteiger partial charge is 0.484 e. The molecule has 0 radical (unpaired) electrons. The summed E-state index contributed by atoms with van der Waals surface area (Å²) in [5.41, 5.74) is 6.34. The molecule has 0 bridgehead atoms. The highest BCUT2D eigenvalue weighted by atomic mass is 35.5. The molecule has 160 valence electrons. The summed E-state index contributed by atoms with van der Waals surface area (Å²) in [6.07, 6.45) is -3.74. The molecule has 0 aromatic heterocycles. The molecule has 0 aliphatic carbocycles. The lowest BCUT2D eigenvalue weighted by Gasteiger charge is -2.25. The van der Waals surface area contributed by atoms with Crippen molar-refractivity contribution in [2.24, 2.45) is 11.1 Å². The number of fused-ring (bicyclic) bond motifs is 1. The van der Waals surface area contributed by atoms with E-state index in [4.69, 9.17) is 17.3 Å². The van der Waals surface area contributed by atoms with Gasteiger partial charge in [-0.1, -0.05) is 36.7 Å². The molecule has 0 saturated heterocycles. The monoisotopic (exact) mass is 440 g/mol. The third-order valence-electron chi connectivity index (χ3n) is 5.16. The van der Waals surface area contributed by atoms with Crippen LogP contribution in [-0.2, 0) is 11.2 Å². The summed E-state index contributed by atoms with van der Waals surface area (Å²) in [5, 5.41) is -0.0286. The number of anilines is 1. The second-order valence-corrected chi connectivity index (χ2v) is 7.89. The van der Waals surface area contributed by atoms with E-state index in [0.717, 1.165) is 5.56 Å². The third-order valence-corrected chi connectivity index (χ3v) is 5.48. The second kappa shape index (κ2) is 8.18. The van der Waals surface area contributed by atoms with Gasteiger partial charge in [-0.05, 0) is 42.7 Å². The molecule has 1 unspecified atom stereocenters. The Morgan fingerprint density at radius 1 is 1.23 bits per heavy atom. The Morgan fingerprint density at radius 2 is 1.93 bits per heavy atom. The average Bonchev–Trinajstić information content (AvgIpc) is 2.82. The van der Waals surface area contributed by atoms with Gasteiger partial charge in [0.15, 0.2) is 6.61 Å². The molecule has 2 amide bonds. The van der Waals surface area contributed by atoms with Gasteiger partial charge in [0.25, 0.3) is 5.91 Å². The number of hydrogen-bond acceptors (Lipinski definition) is 3. The lowest BCUT2D eigenvalue weighted by Crippen LogP contribution is -2.38. The first-order valence-corrected chi connectivity index (χ1v) is 9.57. The Hall–Kier alpha value is -2.74. The van der Waals surface area contributed by atoms with Crippen molar-refractivity contribution in [1.29, 1.82) is 0 Å². The van der Waals surface area contributed by atoms with Gasteiger partial charge in [-0.15, -0.1) is 0 Å². The zero-order valence-electron chi connectivity index (χ0n) is 16.1. The zero-order valence-corrected chi connectivity index (χ0v) is 16.9. The van der Waals surface area contributed by atoms with Gasteiger partial charge < -0.3 is 15.4 Å².